The molecule has 0 atom stereocenters. The average Bonchev–Trinajstić information content (AvgIpc) is 2.36. The molecular formula is C15H22N2O2. The van der Waals surface area contributed by atoms with Gasteiger partial charge in [0.1, 0.15) is 0 Å². The van der Waals surface area contributed by atoms with Gasteiger partial charge >= 0.3 is 0 Å². The number of hydrogen-bond acceptors (Lipinski definition) is 3. The Balaban J connectivity index is 1.84. The zero-order chi connectivity index (χ0) is 13.7. The Labute approximate surface area is 114 Å². The molecule has 0 spiro atoms. The Morgan fingerprint density at radius 1 is 1.32 bits per heavy atom. The van der Waals surface area contributed by atoms with Crippen LogP contribution < -0.4 is 10.6 Å². The lowest BCUT2D eigenvalue weighted by atomic mass is 9.89. The molecule has 1 amide bonds. The van der Waals surface area contributed by atoms with Crippen molar-refractivity contribution in [3.63, 3.8) is 0 Å². The smallest absolute Gasteiger partial charge is 0.224 e. The van der Waals surface area contributed by atoms with Gasteiger partial charge in [-0.25, -0.2) is 0 Å². The Kier molecular flexibility index (Phi) is 4.80. The van der Waals surface area contributed by atoms with Crippen molar-refractivity contribution >= 4 is 17.3 Å². The molecule has 1 aliphatic carbocycles. The highest BCUT2D eigenvalue weighted by Gasteiger charge is 2.29. The van der Waals surface area contributed by atoms with Crippen LogP contribution in [-0.4, -0.2) is 24.7 Å². The fraction of sp³-hybridized carbons (Fsp3) is 0.533. The van der Waals surface area contributed by atoms with Crippen molar-refractivity contribution < 1.29 is 9.53 Å². The van der Waals surface area contributed by atoms with Crippen molar-refractivity contribution in [2.75, 3.05) is 17.2 Å². The Hall–Kier alpha value is -1.55. The predicted octanol–water partition coefficient (Wildman–Crippen LogP) is 3.01. The maximum atomic E-state index is 11.3. The Morgan fingerprint density at radius 3 is 2.74 bits per heavy atom. The number of nitrogens with one attached hydrogen (secondary N) is 2. The van der Waals surface area contributed by atoms with Gasteiger partial charge in [0.15, 0.2) is 0 Å². The highest BCUT2D eigenvalue weighted by molar-refractivity contribution is 5.90. The standard InChI is InChI=1S/C15H22N2O2/c1-3-15(18)17-12-7-5-6-11(8-12)16-13-9-14(10-13)19-4-2/h5-8,13-14,16H,3-4,9-10H2,1-2H3,(H,17,18). The van der Waals surface area contributed by atoms with Gasteiger partial charge in [0.2, 0.25) is 5.91 Å². The third kappa shape index (κ3) is 3.96. The molecule has 0 bridgehead atoms. The maximum Gasteiger partial charge on any atom is 0.224 e. The summed E-state index contributed by atoms with van der Waals surface area (Å²) in [4.78, 5) is 11.3. The lowest BCUT2D eigenvalue weighted by molar-refractivity contribution is -0.115. The quantitative estimate of drug-likeness (QED) is 0.828. The Bertz CT molecular complexity index is 428. The summed E-state index contributed by atoms with van der Waals surface area (Å²) in [6, 6.07) is 8.33. The first-order chi connectivity index (χ1) is 9.21. The van der Waals surface area contributed by atoms with E-state index in [4.69, 9.17) is 4.74 Å². The van der Waals surface area contributed by atoms with Gasteiger partial charge in [-0.2, -0.15) is 0 Å². The molecule has 1 aromatic carbocycles. The predicted molar refractivity (Wildman–Crippen MR) is 77.4 cm³/mol. The van der Waals surface area contributed by atoms with E-state index in [2.05, 4.69) is 10.6 Å². The van der Waals surface area contributed by atoms with Crippen LogP contribution in [0.15, 0.2) is 24.3 Å². The lowest BCUT2D eigenvalue weighted by Crippen LogP contribution is -2.40. The number of benzene rings is 1. The molecule has 1 aliphatic rings. The minimum atomic E-state index is 0.0391. The first kappa shape index (κ1) is 13.9. The van der Waals surface area contributed by atoms with E-state index in [0.717, 1.165) is 30.8 Å². The number of rotatable bonds is 6. The number of amides is 1. The van der Waals surface area contributed by atoms with E-state index in [1.807, 2.05) is 38.1 Å². The zero-order valence-corrected chi connectivity index (χ0v) is 11.6. The summed E-state index contributed by atoms with van der Waals surface area (Å²) < 4.78 is 5.54. The summed E-state index contributed by atoms with van der Waals surface area (Å²) in [6.45, 7) is 4.66. The molecule has 2 rings (SSSR count). The molecule has 0 saturated heterocycles. The third-order valence-electron chi connectivity index (χ3n) is 3.34. The van der Waals surface area contributed by atoms with Crippen LogP contribution in [0.2, 0.25) is 0 Å². The van der Waals surface area contributed by atoms with Gasteiger partial charge in [0.25, 0.3) is 0 Å². The normalized spacial score (nSPS) is 21.6. The number of anilines is 2. The summed E-state index contributed by atoms with van der Waals surface area (Å²) in [5.74, 6) is 0.0391. The molecule has 0 aliphatic heterocycles. The summed E-state index contributed by atoms with van der Waals surface area (Å²) in [6.07, 6.45) is 3.01. The van der Waals surface area contributed by atoms with Crippen LogP contribution in [0.5, 0.6) is 0 Å². The molecule has 2 N–H and O–H groups in total. The van der Waals surface area contributed by atoms with E-state index >= 15 is 0 Å². The zero-order valence-electron chi connectivity index (χ0n) is 11.6. The lowest BCUT2D eigenvalue weighted by Gasteiger charge is -2.36. The largest absolute Gasteiger partial charge is 0.382 e. The second-order valence-corrected chi connectivity index (χ2v) is 4.87. The minimum Gasteiger partial charge on any atom is -0.382 e. The average molecular weight is 262 g/mol. The number of hydrogen-bond donors (Lipinski definition) is 2. The first-order valence-electron chi connectivity index (χ1n) is 6.99. The highest BCUT2D eigenvalue weighted by atomic mass is 16.5. The second kappa shape index (κ2) is 6.57. The van der Waals surface area contributed by atoms with Gasteiger partial charge in [-0.15, -0.1) is 0 Å². The van der Waals surface area contributed by atoms with E-state index in [-0.39, 0.29) is 5.91 Å². The van der Waals surface area contributed by atoms with Crippen LogP contribution in [0.25, 0.3) is 0 Å². The van der Waals surface area contributed by atoms with E-state index in [9.17, 15) is 4.79 Å². The van der Waals surface area contributed by atoms with Gasteiger partial charge in [-0.1, -0.05) is 13.0 Å². The Morgan fingerprint density at radius 2 is 2.05 bits per heavy atom. The summed E-state index contributed by atoms with van der Waals surface area (Å²) >= 11 is 0. The fourth-order valence-electron chi connectivity index (χ4n) is 2.23. The van der Waals surface area contributed by atoms with Crippen molar-refractivity contribution in [3.05, 3.63) is 24.3 Å². The van der Waals surface area contributed by atoms with Crippen molar-refractivity contribution in [1.82, 2.24) is 0 Å². The molecule has 104 valence electrons. The maximum absolute atomic E-state index is 11.3. The first-order valence-corrected chi connectivity index (χ1v) is 6.99. The topological polar surface area (TPSA) is 50.4 Å². The van der Waals surface area contributed by atoms with Gasteiger partial charge in [-0.05, 0) is 38.0 Å². The van der Waals surface area contributed by atoms with E-state index < -0.39 is 0 Å². The fourth-order valence-corrected chi connectivity index (χ4v) is 2.23. The molecule has 1 saturated carbocycles. The highest BCUT2D eigenvalue weighted by Crippen LogP contribution is 2.27. The summed E-state index contributed by atoms with van der Waals surface area (Å²) in [7, 11) is 0. The van der Waals surface area contributed by atoms with Crippen LogP contribution >= 0.6 is 0 Å². The number of carbonyl (C=O) groups is 1. The van der Waals surface area contributed by atoms with Gasteiger partial charge < -0.3 is 15.4 Å². The van der Waals surface area contributed by atoms with E-state index in [1.54, 1.807) is 0 Å². The van der Waals surface area contributed by atoms with Crippen molar-refractivity contribution in [2.45, 2.75) is 45.3 Å². The van der Waals surface area contributed by atoms with Crippen molar-refractivity contribution in [1.29, 1.82) is 0 Å². The number of carbonyl (C=O) groups excluding carboxylic acids is 1. The van der Waals surface area contributed by atoms with Gasteiger partial charge in [0.05, 0.1) is 6.10 Å². The van der Waals surface area contributed by atoms with Crippen molar-refractivity contribution in [2.24, 2.45) is 0 Å². The second-order valence-electron chi connectivity index (χ2n) is 4.87. The summed E-state index contributed by atoms with van der Waals surface area (Å²) in [5, 5.41) is 6.33. The third-order valence-corrected chi connectivity index (χ3v) is 3.34. The molecule has 4 heteroatoms. The number of ether oxygens (including phenoxy) is 1. The minimum absolute atomic E-state index is 0.0391. The van der Waals surface area contributed by atoms with Crippen molar-refractivity contribution in [3.8, 4) is 0 Å². The molecule has 4 nitrogen and oxygen atoms in total. The van der Waals surface area contributed by atoms with E-state index in [0.29, 0.717) is 18.6 Å². The molecule has 19 heavy (non-hydrogen) atoms. The van der Waals surface area contributed by atoms with Crippen LogP contribution in [-0.2, 0) is 9.53 Å². The SMILES string of the molecule is CCOC1CC(Nc2cccc(NC(=O)CC)c2)C1. The molecule has 1 aromatic rings. The van der Waals surface area contributed by atoms with Crippen LogP contribution in [0.1, 0.15) is 33.1 Å². The van der Waals surface area contributed by atoms with E-state index in [1.165, 1.54) is 0 Å². The molecule has 0 unspecified atom stereocenters. The van der Waals surface area contributed by atoms with Crippen LogP contribution in [0.4, 0.5) is 11.4 Å². The monoisotopic (exact) mass is 262 g/mol. The van der Waals surface area contributed by atoms with Crippen LogP contribution in [0.3, 0.4) is 0 Å². The molecular weight excluding hydrogens is 240 g/mol. The molecule has 0 radical (unpaired) electrons. The molecule has 0 heterocycles. The van der Waals surface area contributed by atoms with Gasteiger partial charge in [-0.3, -0.25) is 4.79 Å². The molecule has 0 aromatic heterocycles. The van der Waals surface area contributed by atoms with Gasteiger partial charge in [0, 0.05) is 30.4 Å². The summed E-state index contributed by atoms with van der Waals surface area (Å²) in [5.41, 5.74) is 1.89. The van der Waals surface area contributed by atoms with Crippen LogP contribution in [0, 0.1) is 0 Å². The molecule has 1 fully saturated rings.